The van der Waals surface area contributed by atoms with Gasteiger partial charge in [-0.3, -0.25) is 4.79 Å². The third-order valence-electron chi connectivity index (χ3n) is 4.21. The zero-order chi connectivity index (χ0) is 18.2. The van der Waals surface area contributed by atoms with Crippen LogP contribution in [0.2, 0.25) is 0 Å². The van der Waals surface area contributed by atoms with Crippen LogP contribution in [0.15, 0.2) is 53.4 Å². The Labute approximate surface area is 154 Å². The highest BCUT2D eigenvalue weighted by molar-refractivity contribution is 7.99. The summed E-state index contributed by atoms with van der Waals surface area (Å²) in [7, 11) is 5.15. The van der Waals surface area contributed by atoms with Gasteiger partial charge in [0.1, 0.15) is 11.5 Å². The number of thioether (sulfide) groups is 1. The number of hydrogen-bond acceptors (Lipinski definition) is 4. The molecule has 0 radical (unpaired) electrons. The van der Waals surface area contributed by atoms with Crippen molar-refractivity contribution >= 4 is 17.7 Å². The smallest absolute Gasteiger partial charge is 0.223 e. The van der Waals surface area contributed by atoms with Crippen LogP contribution in [0.5, 0.6) is 11.5 Å². The van der Waals surface area contributed by atoms with E-state index in [9.17, 15) is 4.79 Å². The number of methoxy groups -OCH3 is 2. The minimum atomic E-state index is -0.0327. The van der Waals surface area contributed by atoms with Gasteiger partial charge in [0.25, 0.3) is 0 Å². The van der Waals surface area contributed by atoms with Crippen molar-refractivity contribution in [2.24, 2.45) is 0 Å². The van der Waals surface area contributed by atoms with Crippen molar-refractivity contribution in [3.63, 3.8) is 0 Å². The van der Waals surface area contributed by atoms with E-state index in [2.05, 4.69) is 0 Å². The molecule has 0 aliphatic heterocycles. The first kappa shape index (κ1) is 19.2. The van der Waals surface area contributed by atoms with Gasteiger partial charge in [0.2, 0.25) is 5.91 Å². The molecule has 0 saturated heterocycles. The second-order valence-electron chi connectivity index (χ2n) is 5.70. The van der Waals surface area contributed by atoms with Crippen molar-refractivity contribution in [2.75, 3.05) is 27.0 Å². The molecule has 1 atom stereocenters. The molecule has 134 valence electrons. The molecule has 2 rings (SSSR count). The van der Waals surface area contributed by atoms with E-state index in [0.717, 1.165) is 27.7 Å². The molecule has 2 aromatic carbocycles. The van der Waals surface area contributed by atoms with Gasteiger partial charge in [-0.05, 0) is 37.3 Å². The van der Waals surface area contributed by atoms with E-state index in [1.807, 2.05) is 62.5 Å². The van der Waals surface area contributed by atoms with Crippen molar-refractivity contribution in [1.82, 2.24) is 4.90 Å². The Morgan fingerprint density at radius 2 is 1.76 bits per heavy atom. The lowest BCUT2D eigenvalue weighted by molar-refractivity contribution is -0.131. The molecule has 0 fully saturated rings. The molecule has 0 heterocycles. The van der Waals surface area contributed by atoms with Crippen LogP contribution < -0.4 is 9.47 Å². The van der Waals surface area contributed by atoms with Gasteiger partial charge in [-0.1, -0.05) is 18.2 Å². The Bertz CT molecular complexity index is 688. The first-order chi connectivity index (χ1) is 12.1. The fourth-order valence-corrected chi connectivity index (χ4v) is 3.38. The van der Waals surface area contributed by atoms with Gasteiger partial charge in [-0.2, -0.15) is 0 Å². The lowest BCUT2D eigenvalue weighted by atomic mass is 10.1. The highest BCUT2D eigenvalue weighted by atomic mass is 32.2. The molecular weight excluding hydrogens is 334 g/mol. The molecule has 1 amide bonds. The van der Waals surface area contributed by atoms with Crippen LogP contribution in [0.1, 0.15) is 24.9 Å². The Morgan fingerprint density at radius 3 is 2.40 bits per heavy atom. The van der Waals surface area contributed by atoms with Gasteiger partial charge in [-0.15, -0.1) is 11.8 Å². The largest absolute Gasteiger partial charge is 0.497 e. The van der Waals surface area contributed by atoms with E-state index < -0.39 is 0 Å². The third-order valence-corrected chi connectivity index (χ3v) is 5.22. The molecule has 0 N–H and O–H groups in total. The van der Waals surface area contributed by atoms with E-state index in [1.54, 1.807) is 30.9 Å². The SMILES string of the molecule is COc1ccc(SCCC(=O)N(C)C(C)c2ccccc2OC)cc1. The minimum absolute atomic E-state index is 0.0327. The van der Waals surface area contributed by atoms with Gasteiger partial charge in [0, 0.05) is 29.7 Å². The van der Waals surface area contributed by atoms with E-state index in [1.165, 1.54) is 0 Å². The molecule has 0 saturated carbocycles. The first-order valence-corrected chi connectivity index (χ1v) is 9.20. The van der Waals surface area contributed by atoms with E-state index in [0.29, 0.717) is 6.42 Å². The van der Waals surface area contributed by atoms with Crippen LogP contribution >= 0.6 is 11.8 Å². The Hall–Kier alpha value is -2.14. The summed E-state index contributed by atoms with van der Waals surface area (Å²) < 4.78 is 10.6. The lowest BCUT2D eigenvalue weighted by Crippen LogP contribution is -2.30. The normalized spacial score (nSPS) is 11.7. The first-order valence-electron chi connectivity index (χ1n) is 8.22. The van der Waals surface area contributed by atoms with Crippen molar-refractivity contribution in [2.45, 2.75) is 24.3 Å². The maximum Gasteiger partial charge on any atom is 0.223 e. The topological polar surface area (TPSA) is 38.8 Å². The second-order valence-corrected chi connectivity index (χ2v) is 6.86. The molecule has 0 aliphatic carbocycles. The Balaban J connectivity index is 1.88. The summed E-state index contributed by atoms with van der Waals surface area (Å²) in [6.07, 6.45) is 0.493. The van der Waals surface area contributed by atoms with Crippen LogP contribution in [-0.2, 0) is 4.79 Å². The fourth-order valence-electron chi connectivity index (χ4n) is 2.54. The zero-order valence-electron chi connectivity index (χ0n) is 15.2. The maximum atomic E-state index is 12.5. The van der Waals surface area contributed by atoms with E-state index >= 15 is 0 Å². The van der Waals surface area contributed by atoms with Crippen LogP contribution in [0, 0.1) is 0 Å². The summed E-state index contributed by atoms with van der Waals surface area (Å²) in [5, 5.41) is 0. The molecule has 2 aromatic rings. The molecule has 5 heteroatoms. The maximum absolute atomic E-state index is 12.5. The third kappa shape index (κ3) is 5.16. The summed E-state index contributed by atoms with van der Waals surface area (Å²) >= 11 is 1.67. The average molecular weight is 359 g/mol. The second kappa shape index (κ2) is 9.37. The van der Waals surface area contributed by atoms with Crippen LogP contribution in [-0.4, -0.2) is 37.8 Å². The number of ether oxygens (including phenoxy) is 2. The zero-order valence-corrected chi connectivity index (χ0v) is 16.0. The molecule has 0 spiro atoms. The van der Waals surface area contributed by atoms with Crippen LogP contribution in [0.3, 0.4) is 0 Å². The Kier molecular flexibility index (Phi) is 7.19. The number of benzene rings is 2. The number of amides is 1. The van der Waals surface area contributed by atoms with Gasteiger partial charge in [0.05, 0.1) is 20.3 Å². The number of carbonyl (C=O) groups is 1. The number of para-hydroxylation sites is 1. The molecule has 0 aromatic heterocycles. The van der Waals surface area contributed by atoms with Gasteiger partial charge >= 0.3 is 0 Å². The standard InChI is InChI=1S/C20H25NO3S/c1-15(18-7-5-6-8-19(18)24-4)21(2)20(22)13-14-25-17-11-9-16(23-3)10-12-17/h5-12,15H,13-14H2,1-4H3. The van der Waals surface area contributed by atoms with Crippen molar-refractivity contribution in [3.05, 3.63) is 54.1 Å². The Morgan fingerprint density at radius 1 is 1.08 bits per heavy atom. The average Bonchev–Trinajstić information content (AvgIpc) is 2.67. The van der Waals surface area contributed by atoms with Crippen molar-refractivity contribution in [1.29, 1.82) is 0 Å². The van der Waals surface area contributed by atoms with Crippen molar-refractivity contribution < 1.29 is 14.3 Å². The molecule has 1 unspecified atom stereocenters. The highest BCUT2D eigenvalue weighted by Gasteiger charge is 2.19. The summed E-state index contributed by atoms with van der Waals surface area (Å²) in [6, 6.07) is 15.7. The number of carbonyl (C=O) groups excluding carboxylic acids is 1. The minimum Gasteiger partial charge on any atom is -0.497 e. The predicted molar refractivity (Wildman–Crippen MR) is 103 cm³/mol. The summed E-state index contributed by atoms with van der Waals surface area (Å²) in [5.74, 6) is 2.51. The fraction of sp³-hybridized carbons (Fsp3) is 0.350. The van der Waals surface area contributed by atoms with Gasteiger partial charge in [-0.25, -0.2) is 0 Å². The molecule has 4 nitrogen and oxygen atoms in total. The van der Waals surface area contributed by atoms with Crippen LogP contribution in [0.4, 0.5) is 0 Å². The molecule has 0 aliphatic rings. The quantitative estimate of drug-likeness (QED) is 0.655. The van der Waals surface area contributed by atoms with E-state index in [-0.39, 0.29) is 11.9 Å². The van der Waals surface area contributed by atoms with Gasteiger partial charge in [0.15, 0.2) is 0 Å². The summed E-state index contributed by atoms with van der Waals surface area (Å²) in [6.45, 7) is 2.02. The van der Waals surface area contributed by atoms with Gasteiger partial charge < -0.3 is 14.4 Å². The predicted octanol–water partition coefficient (Wildman–Crippen LogP) is 4.41. The van der Waals surface area contributed by atoms with Crippen molar-refractivity contribution in [3.8, 4) is 11.5 Å². The monoisotopic (exact) mass is 359 g/mol. The van der Waals surface area contributed by atoms with Crippen LogP contribution in [0.25, 0.3) is 0 Å². The summed E-state index contributed by atoms with van der Waals surface area (Å²) in [4.78, 5) is 15.4. The molecular formula is C20H25NO3S. The molecule has 25 heavy (non-hydrogen) atoms. The number of rotatable bonds is 8. The molecule has 0 bridgehead atoms. The number of nitrogens with zero attached hydrogens (tertiary/aromatic N) is 1. The number of hydrogen-bond donors (Lipinski definition) is 0. The lowest BCUT2D eigenvalue weighted by Gasteiger charge is -2.26. The highest BCUT2D eigenvalue weighted by Crippen LogP contribution is 2.29. The summed E-state index contributed by atoms with van der Waals surface area (Å²) in [5.41, 5.74) is 1.02. The van der Waals surface area contributed by atoms with E-state index in [4.69, 9.17) is 9.47 Å².